The Morgan fingerprint density at radius 2 is 1.89 bits per heavy atom. The lowest BCUT2D eigenvalue weighted by Crippen LogP contribution is -2.47. The average molecular weight is 449 g/mol. The summed E-state index contributed by atoms with van der Waals surface area (Å²) in [6.07, 6.45) is 3.22. The fraction of sp³-hybridized carbons (Fsp3) is 0.400. The average Bonchev–Trinajstić information content (AvgIpc) is 3.20. The zero-order valence-corrected chi connectivity index (χ0v) is 17.3. The van der Waals surface area contributed by atoms with Crippen molar-refractivity contribution in [3.05, 3.63) is 50.6 Å². The van der Waals surface area contributed by atoms with Crippen LogP contribution >= 0.6 is 27.3 Å². The second-order valence-electron chi connectivity index (χ2n) is 7.13. The summed E-state index contributed by atoms with van der Waals surface area (Å²) in [5, 5.41) is 11.3. The van der Waals surface area contributed by atoms with Gasteiger partial charge in [-0.05, 0) is 60.1 Å². The number of anilines is 1. The van der Waals surface area contributed by atoms with E-state index in [0.29, 0.717) is 22.8 Å². The number of amides is 1. The van der Waals surface area contributed by atoms with Gasteiger partial charge in [0.25, 0.3) is 5.91 Å². The van der Waals surface area contributed by atoms with Gasteiger partial charge in [-0.15, -0.1) is 11.3 Å². The number of Topliss-reactive ketones (excluding diaryl/α,β-unsaturated/α-hetero) is 1. The van der Waals surface area contributed by atoms with Gasteiger partial charge < -0.3 is 5.11 Å². The summed E-state index contributed by atoms with van der Waals surface area (Å²) in [7, 11) is 0. The van der Waals surface area contributed by atoms with Crippen molar-refractivity contribution in [2.75, 3.05) is 24.7 Å². The van der Waals surface area contributed by atoms with Gasteiger partial charge in [0.05, 0.1) is 27.4 Å². The van der Waals surface area contributed by atoms with Crippen LogP contribution in [-0.2, 0) is 10.4 Å². The monoisotopic (exact) mass is 448 g/mol. The van der Waals surface area contributed by atoms with E-state index in [0.717, 1.165) is 29.7 Å². The molecule has 1 N–H and O–H groups in total. The molecule has 1 fully saturated rings. The van der Waals surface area contributed by atoms with Gasteiger partial charge in [-0.2, -0.15) is 0 Å². The first-order valence-corrected chi connectivity index (χ1v) is 10.7. The first-order chi connectivity index (χ1) is 13.0. The van der Waals surface area contributed by atoms with Crippen molar-refractivity contribution in [3.8, 4) is 0 Å². The molecule has 2 aromatic rings. The van der Waals surface area contributed by atoms with Crippen LogP contribution in [0.4, 0.5) is 5.69 Å². The number of ketones is 1. The fourth-order valence-electron chi connectivity index (χ4n) is 3.90. The largest absolute Gasteiger partial charge is 0.375 e. The summed E-state index contributed by atoms with van der Waals surface area (Å²) in [6, 6.07) is 10.8. The fourth-order valence-corrected chi connectivity index (χ4v) is 5.23. The summed E-state index contributed by atoms with van der Waals surface area (Å²) in [6.45, 7) is 2.36. The number of para-hydroxylation sites is 1. The summed E-state index contributed by atoms with van der Waals surface area (Å²) in [4.78, 5) is 30.4. The molecule has 142 valence electrons. The van der Waals surface area contributed by atoms with E-state index in [1.54, 1.807) is 29.2 Å². The zero-order chi connectivity index (χ0) is 19.0. The minimum Gasteiger partial charge on any atom is -0.375 e. The van der Waals surface area contributed by atoms with Gasteiger partial charge in [0.15, 0.2) is 11.4 Å². The molecule has 7 heteroatoms. The van der Waals surface area contributed by atoms with Gasteiger partial charge in [-0.3, -0.25) is 19.4 Å². The number of nitrogens with zero attached hydrogens (tertiary/aromatic N) is 2. The number of piperidine rings is 1. The number of carbonyl (C=O) groups excluding carboxylic acids is 2. The topological polar surface area (TPSA) is 60.9 Å². The molecule has 2 aliphatic rings. The van der Waals surface area contributed by atoms with Gasteiger partial charge in [0.2, 0.25) is 0 Å². The highest BCUT2D eigenvalue weighted by Crippen LogP contribution is 2.43. The molecule has 1 amide bonds. The van der Waals surface area contributed by atoms with Crippen LogP contribution in [0.15, 0.2) is 40.2 Å². The van der Waals surface area contributed by atoms with Crippen LogP contribution < -0.4 is 4.90 Å². The van der Waals surface area contributed by atoms with Crippen molar-refractivity contribution in [2.45, 2.75) is 31.3 Å². The number of aliphatic hydroxyl groups is 1. The van der Waals surface area contributed by atoms with E-state index in [1.165, 1.54) is 17.8 Å². The number of rotatable bonds is 5. The van der Waals surface area contributed by atoms with Crippen molar-refractivity contribution in [1.29, 1.82) is 0 Å². The van der Waals surface area contributed by atoms with Crippen LogP contribution in [0.1, 0.15) is 40.9 Å². The molecule has 4 rings (SSSR count). The molecule has 1 aromatic carbocycles. The molecule has 1 aromatic heterocycles. The summed E-state index contributed by atoms with van der Waals surface area (Å²) < 4.78 is 0.850. The van der Waals surface area contributed by atoms with Gasteiger partial charge in [-0.1, -0.05) is 24.6 Å². The Kier molecular flexibility index (Phi) is 5.20. The third kappa shape index (κ3) is 3.49. The molecule has 3 heterocycles. The van der Waals surface area contributed by atoms with Crippen LogP contribution in [0.2, 0.25) is 0 Å². The molecule has 1 atom stereocenters. The Morgan fingerprint density at radius 1 is 1.15 bits per heavy atom. The predicted octanol–water partition coefficient (Wildman–Crippen LogP) is 3.76. The molecule has 27 heavy (non-hydrogen) atoms. The number of hydrogen-bond donors (Lipinski definition) is 1. The Balaban J connectivity index is 1.62. The lowest BCUT2D eigenvalue weighted by molar-refractivity contribution is -0.136. The van der Waals surface area contributed by atoms with E-state index in [2.05, 4.69) is 20.8 Å². The van der Waals surface area contributed by atoms with E-state index in [-0.39, 0.29) is 12.2 Å². The maximum Gasteiger partial charge on any atom is 0.265 e. The third-order valence-electron chi connectivity index (χ3n) is 5.29. The number of hydrogen-bond acceptors (Lipinski definition) is 5. The first-order valence-electron chi connectivity index (χ1n) is 9.14. The van der Waals surface area contributed by atoms with Crippen molar-refractivity contribution in [2.24, 2.45) is 0 Å². The molecule has 0 aliphatic carbocycles. The Hall–Kier alpha value is -1.54. The molecule has 0 radical (unpaired) electrons. The quantitative estimate of drug-likeness (QED) is 0.707. The Morgan fingerprint density at radius 3 is 2.59 bits per heavy atom. The minimum atomic E-state index is -1.81. The number of thiophene rings is 1. The van der Waals surface area contributed by atoms with Gasteiger partial charge in [0, 0.05) is 5.56 Å². The Labute approximate surface area is 170 Å². The SMILES string of the molecule is O=C(CC1(O)C(=O)N(CN2CCCCC2)c2ccccc21)c1ccc(Br)s1. The number of fused-ring (bicyclic) bond motifs is 1. The number of benzene rings is 1. The van der Waals surface area contributed by atoms with Crippen LogP contribution in [0.25, 0.3) is 0 Å². The van der Waals surface area contributed by atoms with Crippen LogP contribution in [0, 0.1) is 0 Å². The molecule has 1 saturated heterocycles. The maximum absolute atomic E-state index is 13.2. The summed E-state index contributed by atoms with van der Waals surface area (Å²) in [5.41, 5.74) is -0.577. The lowest BCUT2D eigenvalue weighted by Gasteiger charge is -2.31. The maximum atomic E-state index is 13.2. The smallest absolute Gasteiger partial charge is 0.265 e. The first kappa shape index (κ1) is 18.8. The van der Waals surface area contributed by atoms with Crippen molar-refractivity contribution < 1.29 is 14.7 Å². The molecule has 5 nitrogen and oxygen atoms in total. The molecule has 2 aliphatic heterocycles. The van der Waals surface area contributed by atoms with Crippen molar-refractivity contribution in [1.82, 2.24) is 4.90 Å². The second kappa shape index (κ2) is 7.47. The molecular weight excluding hydrogens is 428 g/mol. The number of halogens is 1. The van der Waals surface area contributed by atoms with Crippen molar-refractivity contribution >= 4 is 44.6 Å². The van der Waals surface area contributed by atoms with E-state index in [4.69, 9.17) is 0 Å². The highest BCUT2D eigenvalue weighted by atomic mass is 79.9. The highest BCUT2D eigenvalue weighted by Gasteiger charge is 2.51. The number of carbonyl (C=O) groups is 2. The van der Waals surface area contributed by atoms with Crippen LogP contribution in [0.3, 0.4) is 0 Å². The molecular formula is C20H21BrN2O3S. The van der Waals surface area contributed by atoms with Crippen molar-refractivity contribution in [3.63, 3.8) is 0 Å². The molecule has 0 bridgehead atoms. The summed E-state index contributed by atoms with van der Waals surface area (Å²) in [5.74, 6) is -0.630. The predicted molar refractivity (Wildman–Crippen MR) is 109 cm³/mol. The normalized spacial score (nSPS) is 22.9. The van der Waals surface area contributed by atoms with Gasteiger partial charge in [-0.25, -0.2) is 0 Å². The van der Waals surface area contributed by atoms with E-state index in [1.807, 2.05) is 12.1 Å². The minimum absolute atomic E-state index is 0.226. The number of likely N-dealkylation sites (tertiary alicyclic amines) is 1. The van der Waals surface area contributed by atoms with E-state index < -0.39 is 11.5 Å². The van der Waals surface area contributed by atoms with Crippen LogP contribution in [-0.4, -0.2) is 41.5 Å². The van der Waals surface area contributed by atoms with E-state index >= 15 is 0 Å². The lowest BCUT2D eigenvalue weighted by atomic mass is 9.89. The second-order valence-corrected chi connectivity index (χ2v) is 9.60. The highest BCUT2D eigenvalue weighted by molar-refractivity contribution is 9.11. The van der Waals surface area contributed by atoms with Gasteiger partial charge >= 0.3 is 0 Å². The summed E-state index contributed by atoms with van der Waals surface area (Å²) >= 11 is 4.66. The molecule has 1 unspecified atom stereocenters. The molecule has 0 saturated carbocycles. The van der Waals surface area contributed by atoms with E-state index in [9.17, 15) is 14.7 Å². The molecule has 0 spiro atoms. The standard InChI is InChI=1S/C20H21BrN2O3S/c21-18-9-8-17(27-18)16(24)12-20(26)14-6-2-3-7-15(14)23(19(20)25)13-22-10-4-1-5-11-22/h2-3,6-9,26H,1,4-5,10-13H2. The van der Waals surface area contributed by atoms with Crippen LogP contribution in [0.5, 0.6) is 0 Å². The Bertz CT molecular complexity index is 878. The zero-order valence-electron chi connectivity index (χ0n) is 14.9. The third-order valence-corrected chi connectivity index (χ3v) is 6.96. The van der Waals surface area contributed by atoms with Gasteiger partial charge in [0.1, 0.15) is 0 Å².